The van der Waals surface area contributed by atoms with E-state index >= 15 is 0 Å². The maximum atomic E-state index is 11.9. The van der Waals surface area contributed by atoms with Crippen LogP contribution in [0.2, 0.25) is 0 Å². The zero-order valence-electron chi connectivity index (χ0n) is 12.2. The summed E-state index contributed by atoms with van der Waals surface area (Å²) >= 11 is 1.71. The van der Waals surface area contributed by atoms with Crippen LogP contribution in [0.15, 0.2) is 46.5 Å². The molecule has 0 atom stereocenters. The van der Waals surface area contributed by atoms with Crippen molar-refractivity contribution in [3.63, 3.8) is 0 Å². The molecule has 0 fully saturated rings. The first kappa shape index (κ1) is 16.6. The number of imidazole rings is 1. The van der Waals surface area contributed by atoms with E-state index in [0.717, 1.165) is 22.9 Å². The number of H-pyrrole nitrogens is 1. The van der Waals surface area contributed by atoms with Crippen LogP contribution < -0.4 is 4.72 Å². The molecule has 1 aromatic heterocycles. The van der Waals surface area contributed by atoms with Gasteiger partial charge in [-0.25, -0.2) is 13.4 Å². The Balaban J connectivity index is 1.69. The van der Waals surface area contributed by atoms with Crippen LogP contribution in [0.5, 0.6) is 0 Å². The molecule has 6 nitrogen and oxygen atoms in total. The minimum Gasteiger partial charge on any atom is -0.348 e. The molecule has 1 aromatic carbocycles. The van der Waals surface area contributed by atoms with E-state index in [0.29, 0.717) is 6.54 Å². The normalized spacial score (nSPS) is 11.9. The molecule has 8 heteroatoms. The van der Waals surface area contributed by atoms with Crippen molar-refractivity contribution in [2.24, 2.45) is 4.99 Å². The van der Waals surface area contributed by atoms with Gasteiger partial charge in [-0.05, 0) is 19.1 Å². The lowest BCUT2D eigenvalue weighted by Crippen LogP contribution is -2.22. The largest absolute Gasteiger partial charge is 0.348 e. The fraction of sp³-hybridized carbons (Fsp3) is 0.286. The van der Waals surface area contributed by atoms with Gasteiger partial charge in [-0.1, -0.05) is 18.2 Å². The van der Waals surface area contributed by atoms with E-state index in [1.54, 1.807) is 36.3 Å². The van der Waals surface area contributed by atoms with E-state index in [2.05, 4.69) is 19.7 Å². The van der Waals surface area contributed by atoms with Gasteiger partial charge in [0, 0.05) is 23.7 Å². The number of aromatic amines is 1. The second-order valence-corrected chi connectivity index (χ2v) is 7.32. The number of aromatic nitrogens is 2. The van der Waals surface area contributed by atoms with Crippen LogP contribution in [-0.4, -0.2) is 37.0 Å². The second-order valence-electron chi connectivity index (χ2n) is 4.50. The standard InChI is InChI=1S/C14H18N4O2S2/c1-12-14(17-11-16-12)9-21-8-7-15-10-18-22(19,20)13-5-3-2-4-6-13/h2-6,10-11H,7-9H2,1H3,(H,15,18)(H,16,17). The molecule has 118 valence electrons. The third kappa shape index (κ3) is 4.88. The molecule has 2 N–H and O–H groups in total. The van der Waals surface area contributed by atoms with Gasteiger partial charge in [-0.15, -0.1) is 0 Å². The van der Waals surface area contributed by atoms with E-state index in [-0.39, 0.29) is 4.90 Å². The van der Waals surface area contributed by atoms with Gasteiger partial charge < -0.3 is 4.98 Å². The average molecular weight is 338 g/mol. The summed E-state index contributed by atoms with van der Waals surface area (Å²) in [7, 11) is -3.51. The summed E-state index contributed by atoms with van der Waals surface area (Å²) in [6, 6.07) is 8.21. The summed E-state index contributed by atoms with van der Waals surface area (Å²) in [5.74, 6) is 1.62. The highest BCUT2D eigenvalue weighted by Gasteiger charge is 2.10. The smallest absolute Gasteiger partial charge is 0.262 e. The summed E-state index contributed by atoms with van der Waals surface area (Å²) in [6.07, 6.45) is 2.92. The van der Waals surface area contributed by atoms with E-state index in [9.17, 15) is 8.42 Å². The molecule has 2 aromatic rings. The third-order valence-corrected chi connectivity index (χ3v) is 5.15. The van der Waals surface area contributed by atoms with Crippen LogP contribution in [0.25, 0.3) is 0 Å². The number of hydrogen-bond donors (Lipinski definition) is 2. The van der Waals surface area contributed by atoms with Crippen molar-refractivity contribution >= 4 is 28.1 Å². The Morgan fingerprint density at radius 2 is 2.14 bits per heavy atom. The number of aliphatic imine (C=N–C) groups is 1. The molecule has 0 bridgehead atoms. The van der Waals surface area contributed by atoms with Crippen LogP contribution in [-0.2, 0) is 15.8 Å². The zero-order chi connectivity index (χ0) is 15.8. The number of nitrogens with zero attached hydrogens (tertiary/aromatic N) is 2. The maximum Gasteiger partial charge on any atom is 0.262 e. The Kier molecular flexibility index (Phi) is 6.02. The Labute approximate surface area is 134 Å². The van der Waals surface area contributed by atoms with Crippen molar-refractivity contribution in [3.05, 3.63) is 48.0 Å². The molecule has 1 heterocycles. The second kappa shape index (κ2) is 8.00. The number of aryl methyl sites for hydroxylation is 1. The molecular formula is C14H18N4O2S2. The van der Waals surface area contributed by atoms with Gasteiger partial charge in [-0.2, -0.15) is 11.8 Å². The molecule has 0 saturated heterocycles. The number of thioether (sulfide) groups is 1. The quantitative estimate of drug-likeness (QED) is 0.437. The topological polar surface area (TPSA) is 87.2 Å². The van der Waals surface area contributed by atoms with Crippen molar-refractivity contribution in [2.45, 2.75) is 17.6 Å². The van der Waals surface area contributed by atoms with E-state index in [1.165, 1.54) is 18.5 Å². The van der Waals surface area contributed by atoms with Crippen molar-refractivity contribution in [2.75, 3.05) is 12.3 Å². The van der Waals surface area contributed by atoms with E-state index < -0.39 is 10.0 Å². The molecule has 0 spiro atoms. The first-order valence-corrected chi connectivity index (χ1v) is 9.35. The highest BCUT2D eigenvalue weighted by molar-refractivity contribution is 7.98. The van der Waals surface area contributed by atoms with Crippen molar-refractivity contribution < 1.29 is 8.42 Å². The number of rotatable bonds is 8. The van der Waals surface area contributed by atoms with Crippen molar-refractivity contribution in [3.8, 4) is 0 Å². The van der Waals surface area contributed by atoms with Crippen LogP contribution in [0.4, 0.5) is 0 Å². The van der Waals surface area contributed by atoms with Gasteiger partial charge in [0.05, 0.1) is 23.3 Å². The van der Waals surface area contributed by atoms with Gasteiger partial charge in [0.2, 0.25) is 0 Å². The van der Waals surface area contributed by atoms with Gasteiger partial charge >= 0.3 is 0 Å². The number of nitrogens with one attached hydrogen (secondary N) is 2. The minimum atomic E-state index is -3.51. The SMILES string of the molecule is Cc1[nH]cnc1CSCC/N=C/NS(=O)(=O)c1ccccc1. The Morgan fingerprint density at radius 3 is 2.82 bits per heavy atom. The van der Waals surface area contributed by atoms with Gasteiger partial charge in [-0.3, -0.25) is 9.71 Å². The summed E-state index contributed by atoms with van der Waals surface area (Å²) in [5, 5.41) is 0. The molecule has 0 aliphatic rings. The summed E-state index contributed by atoms with van der Waals surface area (Å²) in [5.41, 5.74) is 2.12. The Bertz CT molecular complexity index is 711. The van der Waals surface area contributed by atoms with E-state index in [4.69, 9.17) is 0 Å². The lowest BCUT2D eigenvalue weighted by molar-refractivity contribution is 0.593. The summed E-state index contributed by atoms with van der Waals surface area (Å²) < 4.78 is 26.1. The Hall–Kier alpha value is -1.80. The van der Waals surface area contributed by atoms with Crippen molar-refractivity contribution in [1.82, 2.24) is 14.7 Å². The lowest BCUT2D eigenvalue weighted by Gasteiger charge is -2.02. The molecule has 0 unspecified atom stereocenters. The van der Waals surface area contributed by atoms with Crippen LogP contribution in [0.1, 0.15) is 11.4 Å². The minimum absolute atomic E-state index is 0.227. The van der Waals surface area contributed by atoms with E-state index in [1.807, 2.05) is 6.92 Å². The molecule has 2 rings (SSSR count). The van der Waals surface area contributed by atoms with Gasteiger partial charge in [0.15, 0.2) is 0 Å². The molecule has 0 amide bonds. The Morgan fingerprint density at radius 1 is 1.36 bits per heavy atom. The highest BCUT2D eigenvalue weighted by atomic mass is 32.2. The first-order chi connectivity index (χ1) is 10.6. The number of hydrogen-bond acceptors (Lipinski definition) is 5. The predicted molar refractivity (Wildman–Crippen MR) is 89.6 cm³/mol. The summed E-state index contributed by atoms with van der Waals surface area (Å²) in [4.78, 5) is 11.5. The fourth-order valence-corrected chi connectivity index (χ4v) is 3.39. The van der Waals surface area contributed by atoms with Gasteiger partial charge in [0.1, 0.15) is 0 Å². The average Bonchev–Trinajstić information content (AvgIpc) is 2.92. The first-order valence-electron chi connectivity index (χ1n) is 6.72. The van der Waals surface area contributed by atoms with Crippen LogP contribution >= 0.6 is 11.8 Å². The van der Waals surface area contributed by atoms with Crippen molar-refractivity contribution in [1.29, 1.82) is 0 Å². The molecule has 0 aliphatic carbocycles. The fourth-order valence-electron chi connectivity index (χ4n) is 1.66. The molecule has 0 radical (unpaired) electrons. The number of sulfonamides is 1. The monoisotopic (exact) mass is 338 g/mol. The highest BCUT2D eigenvalue weighted by Crippen LogP contribution is 2.12. The predicted octanol–water partition coefficient (Wildman–Crippen LogP) is 1.96. The maximum absolute atomic E-state index is 11.9. The molecule has 0 aliphatic heterocycles. The lowest BCUT2D eigenvalue weighted by atomic mass is 10.4. The van der Waals surface area contributed by atoms with Crippen LogP contribution in [0, 0.1) is 6.92 Å². The summed E-state index contributed by atoms with van der Waals surface area (Å²) in [6.45, 7) is 2.53. The molecular weight excluding hydrogens is 320 g/mol. The number of benzene rings is 1. The zero-order valence-corrected chi connectivity index (χ0v) is 13.8. The van der Waals surface area contributed by atoms with Crippen LogP contribution in [0.3, 0.4) is 0 Å². The third-order valence-electron chi connectivity index (χ3n) is 2.89. The molecule has 22 heavy (non-hydrogen) atoms. The van der Waals surface area contributed by atoms with Gasteiger partial charge in [0.25, 0.3) is 10.0 Å². The molecule has 0 saturated carbocycles.